The fraction of sp³-hybridized carbons (Fsp3) is 0.500. The lowest BCUT2D eigenvalue weighted by atomic mass is 10.6. The summed E-state index contributed by atoms with van der Waals surface area (Å²) in [7, 11) is 0. The third kappa shape index (κ3) is 1.11. The van der Waals surface area contributed by atoms with Crippen LogP contribution in [0.1, 0.15) is 0 Å². The molecule has 10 heavy (non-hydrogen) atoms. The molecule has 0 spiro atoms. The normalized spacial score (nSPS) is 27.9. The van der Waals surface area contributed by atoms with E-state index in [9.17, 15) is 5.21 Å². The fourth-order valence-electron chi connectivity index (χ4n) is 0.402. The maximum atomic E-state index is 9.86. The van der Waals surface area contributed by atoms with Crippen molar-refractivity contribution in [2.45, 2.75) is 4.46 Å². The molecule has 0 radical (unpaired) electrons. The number of halogens is 2. The minimum atomic E-state index is -1.78. The van der Waals surface area contributed by atoms with Crippen molar-refractivity contribution >= 4 is 29.0 Å². The summed E-state index contributed by atoms with van der Waals surface area (Å²) in [6.45, 7) is 0. The van der Waals surface area contributed by atoms with Gasteiger partial charge in [-0.25, -0.2) is 0 Å². The number of nitrogens with one attached hydrogen (secondary N) is 1. The van der Waals surface area contributed by atoms with E-state index >= 15 is 0 Å². The second-order valence-electron chi connectivity index (χ2n) is 1.46. The predicted octanol–water partition coefficient (Wildman–Crippen LogP) is 0.155. The Balaban J connectivity index is 2.84. The zero-order valence-electron chi connectivity index (χ0n) is 4.41. The molecule has 0 unspecified atom stereocenters. The molecular formula is C2H2Cl2N3O3-. The largest absolute Gasteiger partial charge is 0.790 e. The van der Waals surface area contributed by atoms with Crippen LogP contribution < -0.4 is 5.48 Å². The van der Waals surface area contributed by atoms with E-state index in [1.165, 1.54) is 0 Å². The molecule has 0 aromatic rings. The van der Waals surface area contributed by atoms with Gasteiger partial charge in [0.15, 0.2) is 0 Å². The summed E-state index contributed by atoms with van der Waals surface area (Å²) in [4.78, 5) is 4.12. The summed E-state index contributed by atoms with van der Waals surface area (Å²) in [5.74, 6) is -0.559. The number of hydrogen-bond donors (Lipinski definition) is 2. The van der Waals surface area contributed by atoms with Crippen molar-refractivity contribution in [3.63, 3.8) is 0 Å². The first-order valence-corrected chi connectivity index (χ1v) is 2.85. The minimum Gasteiger partial charge on any atom is -0.790 e. The maximum Gasteiger partial charge on any atom is 0.254 e. The minimum absolute atomic E-state index is 0.0486. The van der Waals surface area contributed by atoms with E-state index in [0.29, 0.717) is 0 Å². The van der Waals surface area contributed by atoms with Crippen molar-refractivity contribution < 1.29 is 10.1 Å². The van der Waals surface area contributed by atoms with Gasteiger partial charge in [-0.2, -0.15) is 4.94 Å². The van der Waals surface area contributed by atoms with Crippen LogP contribution in [-0.2, 0) is 4.94 Å². The molecule has 1 heterocycles. The molecule has 0 atom stereocenters. The molecule has 0 saturated carbocycles. The highest BCUT2D eigenvalue weighted by atomic mass is 35.5. The van der Waals surface area contributed by atoms with Gasteiger partial charge in [-0.15, -0.1) is 5.48 Å². The molecule has 1 fully saturated rings. The molecule has 58 valence electrons. The first-order chi connectivity index (χ1) is 4.58. The highest BCUT2D eigenvalue weighted by Crippen LogP contribution is 2.25. The van der Waals surface area contributed by atoms with E-state index in [0.717, 1.165) is 0 Å². The molecule has 2 N–H and O–H groups in total. The Labute approximate surface area is 65.4 Å². The number of alkyl halides is 2. The highest BCUT2D eigenvalue weighted by molar-refractivity contribution is 6.58. The van der Waals surface area contributed by atoms with Crippen molar-refractivity contribution in [2.75, 3.05) is 0 Å². The van der Waals surface area contributed by atoms with E-state index in [-0.39, 0.29) is 5.23 Å². The van der Waals surface area contributed by atoms with Gasteiger partial charge < -0.3 is 5.21 Å². The van der Waals surface area contributed by atoms with Crippen molar-refractivity contribution in [1.82, 2.24) is 10.7 Å². The van der Waals surface area contributed by atoms with E-state index in [2.05, 4.69) is 10.1 Å². The molecule has 0 aliphatic carbocycles. The van der Waals surface area contributed by atoms with E-state index in [1.807, 2.05) is 5.48 Å². The third-order valence-corrected chi connectivity index (χ3v) is 1.30. The lowest BCUT2D eigenvalue weighted by Crippen LogP contribution is -2.34. The van der Waals surface area contributed by atoms with Gasteiger partial charge in [-0.3, -0.25) is 10.4 Å². The monoisotopic (exact) mass is 186 g/mol. The second-order valence-corrected chi connectivity index (χ2v) is 2.78. The van der Waals surface area contributed by atoms with Crippen LogP contribution >= 0.6 is 23.2 Å². The molecule has 1 saturated heterocycles. The second kappa shape index (κ2) is 2.40. The first-order valence-electron chi connectivity index (χ1n) is 2.09. The number of rotatable bonds is 0. The van der Waals surface area contributed by atoms with Gasteiger partial charge in [-0.1, -0.05) is 28.4 Å². The molecule has 0 aromatic carbocycles. The number of amidine groups is 1. The van der Waals surface area contributed by atoms with Gasteiger partial charge in [0.25, 0.3) is 4.46 Å². The number of hydrogen-bond acceptors (Lipinski definition) is 5. The van der Waals surface area contributed by atoms with E-state index < -0.39 is 10.3 Å². The van der Waals surface area contributed by atoms with Gasteiger partial charge in [0, 0.05) is 0 Å². The zero-order valence-corrected chi connectivity index (χ0v) is 5.93. The molecule has 0 amide bonds. The zero-order chi connectivity index (χ0) is 7.78. The standard InChI is InChI=1S/C2H3Cl2N3O3/c3-2(4)1(5-8)7(9)10-6-2/h6,8-9H/p-1. The Hall–Kier alpha value is -0.270. The van der Waals surface area contributed by atoms with Crippen LogP contribution in [0.5, 0.6) is 0 Å². The molecule has 8 heteroatoms. The van der Waals surface area contributed by atoms with Crippen LogP contribution in [0.4, 0.5) is 0 Å². The Kier molecular flexibility index (Phi) is 1.88. The Morgan fingerprint density at radius 3 is 2.60 bits per heavy atom. The summed E-state index contributed by atoms with van der Waals surface area (Å²) in [5, 5.41) is 20.8. The van der Waals surface area contributed by atoms with Crippen molar-refractivity contribution in [2.24, 2.45) is 5.16 Å². The SMILES string of the molecule is [O-]N=C1N(O)ONC1(Cl)Cl. The van der Waals surface area contributed by atoms with Crippen molar-refractivity contribution in [3.8, 4) is 0 Å². The summed E-state index contributed by atoms with van der Waals surface area (Å²) in [5.41, 5.74) is 1.92. The molecule has 1 aliphatic heterocycles. The molecular weight excluding hydrogens is 185 g/mol. The average Bonchev–Trinajstić information content (AvgIpc) is 2.07. The van der Waals surface area contributed by atoms with Crippen LogP contribution in [0.3, 0.4) is 0 Å². The van der Waals surface area contributed by atoms with E-state index in [4.69, 9.17) is 28.4 Å². The Morgan fingerprint density at radius 1 is 1.80 bits per heavy atom. The highest BCUT2D eigenvalue weighted by Gasteiger charge is 2.42. The summed E-state index contributed by atoms with van der Waals surface area (Å²) >= 11 is 10.7. The summed E-state index contributed by atoms with van der Waals surface area (Å²) in [6.07, 6.45) is 0. The van der Waals surface area contributed by atoms with Gasteiger partial charge in [0.2, 0.25) is 5.84 Å². The van der Waals surface area contributed by atoms with Crippen LogP contribution in [0.15, 0.2) is 5.16 Å². The molecule has 0 aromatic heterocycles. The van der Waals surface area contributed by atoms with Crippen molar-refractivity contribution in [3.05, 3.63) is 5.21 Å². The number of nitrogens with zero attached hydrogens (tertiary/aromatic N) is 2. The van der Waals surface area contributed by atoms with Crippen LogP contribution in [0.2, 0.25) is 0 Å². The van der Waals surface area contributed by atoms with Gasteiger partial charge >= 0.3 is 0 Å². The average molecular weight is 187 g/mol. The van der Waals surface area contributed by atoms with Crippen molar-refractivity contribution in [1.29, 1.82) is 0 Å². The van der Waals surface area contributed by atoms with Crippen LogP contribution in [0, 0.1) is 5.21 Å². The summed E-state index contributed by atoms with van der Waals surface area (Å²) < 4.78 is -1.78. The summed E-state index contributed by atoms with van der Waals surface area (Å²) in [6, 6.07) is 0. The topological polar surface area (TPSA) is 80.2 Å². The fourth-order valence-corrected chi connectivity index (χ4v) is 0.684. The van der Waals surface area contributed by atoms with Gasteiger partial charge in [-0.05, 0) is 0 Å². The molecule has 1 aliphatic rings. The molecule has 6 nitrogen and oxygen atoms in total. The lowest BCUT2D eigenvalue weighted by Gasteiger charge is -2.11. The Bertz CT molecular complexity index is 171. The van der Waals surface area contributed by atoms with Crippen LogP contribution in [-0.4, -0.2) is 20.7 Å². The predicted molar refractivity (Wildman–Crippen MR) is 33.1 cm³/mol. The van der Waals surface area contributed by atoms with Crippen LogP contribution in [0.25, 0.3) is 0 Å². The smallest absolute Gasteiger partial charge is 0.254 e. The van der Waals surface area contributed by atoms with Gasteiger partial charge in [0.1, 0.15) is 0 Å². The van der Waals surface area contributed by atoms with E-state index in [1.54, 1.807) is 0 Å². The molecule has 0 bridgehead atoms. The van der Waals surface area contributed by atoms with Gasteiger partial charge in [0.05, 0.1) is 0 Å². The Morgan fingerprint density at radius 2 is 2.40 bits per heavy atom. The third-order valence-electron chi connectivity index (χ3n) is 0.809. The quantitative estimate of drug-likeness (QED) is 0.320. The maximum absolute atomic E-state index is 9.86. The molecule has 1 rings (SSSR count). The lowest BCUT2D eigenvalue weighted by molar-refractivity contribution is -0.296. The first kappa shape index (κ1) is 7.83. The number of hydroxylamine groups is 3.